The lowest BCUT2D eigenvalue weighted by Gasteiger charge is -2.14. The molecule has 0 spiro atoms. The quantitative estimate of drug-likeness (QED) is 0.374. The fraction of sp³-hybridized carbons (Fsp3) is 0.182. The summed E-state index contributed by atoms with van der Waals surface area (Å²) in [6.45, 7) is -0.0501. The Hall–Kier alpha value is -3.83. The number of methoxy groups -OCH3 is 2. The first kappa shape index (κ1) is 22.4. The molecule has 1 unspecified atom stereocenters. The molecule has 11 heteroatoms. The van der Waals surface area contributed by atoms with Gasteiger partial charge in [0.15, 0.2) is 11.2 Å². The van der Waals surface area contributed by atoms with Gasteiger partial charge in [-0.1, -0.05) is 28.6 Å². The number of benzene rings is 2. The number of amides is 1. The van der Waals surface area contributed by atoms with Crippen molar-refractivity contribution in [3.8, 4) is 11.3 Å². The average Bonchev–Trinajstić information content (AvgIpc) is 3.45. The molecule has 0 aliphatic carbocycles. The molecule has 0 radical (unpaired) electrons. The summed E-state index contributed by atoms with van der Waals surface area (Å²) in [5, 5.41) is 10.2. The fourth-order valence-electron chi connectivity index (χ4n) is 3.06. The monoisotopic (exact) mass is 470 g/mol. The van der Waals surface area contributed by atoms with Gasteiger partial charge in [0, 0.05) is 24.4 Å². The third-order valence-electron chi connectivity index (χ3n) is 4.62. The average molecular weight is 470 g/mol. The summed E-state index contributed by atoms with van der Waals surface area (Å²) in [5.41, 5.74) is 2.55. The highest BCUT2D eigenvalue weighted by Crippen LogP contribution is 2.30. The number of esters is 1. The molecular formula is C22H19FN4O5S. The van der Waals surface area contributed by atoms with Gasteiger partial charge in [-0.3, -0.25) is 4.79 Å². The Morgan fingerprint density at radius 1 is 1.18 bits per heavy atom. The number of ether oxygens (including phenoxy) is 2. The van der Waals surface area contributed by atoms with Crippen molar-refractivity contribution in [2.75, 3.05) is 26.1 Å². The lowest BCUT2D eigenvalue weighted by Crippen LogP contribution is -2.44. The molecule has 0 bridgehead atoms. The van der Waals surface area contributed by atoms with Crippen molar-refractivity contribution >= 4 is 44.2 Å². The number of nitrogens with zero attached hydrogens (tertiary/aromatic N) is 2. The number of halogens is 1. The number of rotatable bonds is 8. The van der Waals surface area contributed by atoms with Gasteiger partial charge >= 0.3 is 5.97 Å². The minimum atomic E-state index is -0.976. The number of fused-ring (bicyclic) bond motifs is 1. The summed E-state index contributed by atoms with van der Waals surface area (Å²) >= 11 is 1.33. The molecule has 4 rings (SSSR count). The van der Waals surface area contributed by atoms with Gasteiger partial charge in [-0.05, 0) is 30.3 Å². The number of hydrogen-bond acceptors (Lipinski definition) is 9. The number of hydrogen-bond donors (Lipinski definition) is 2. The molecule has 2 aromatic carbocycles. The van der Waals surface area contributed by atoms with Crippen LogP contribution in [0.4, 0.5) is 15.2 Å². The van der Waals surface area contributed by atoms with Gasteiger partial charge in [-0.15, -0.1) is 0 Å². The predicted molar refractivity (Wildman–Crippen MR) is 120 cm³/mol. The van der Waals surface area contributed by atoms with Crippen LogP contribution < -0.4 is 10.6 Å². The maximum Gasteiger partial charge on any atom is 0.330 e. The molecule has 4 aromatic rings. The highest BCUT2D eigenvalue weighted by atomic mass is 32.1. The van der Waals surface area contributed by atoms with E-state index in [9.17, 15) is 14.0 Å². The molecular weight excluding hydrogens is 451 g/mol. The van der Waals surface area contributed by atoms with E-state index in [0.717, 1.165) is 10.4 Å². The Balaban J connectivity index is 1.49. The zero-order valence-electron chi connectivity index (χ0n) is 17.6. The molecule has 1 atom stereocenters. The smallest absolute Gasteiger partial charge is 0.330 e. The second-order valence-corrected chi connectivity index (χ2v) is 7.95. The number of nitrogens with one attached hydrogen (secondary N) is 2. The minimum Gasteiger partial charge on any atom is -0.467 e. The Kier molecular flexibility index (Phi) is 6.61. The molecule has 9 nitrogen and oxygen atoms in total. The Morgan fingerprint density at radius 3 is 2.82 bits per heavy atom. The van der Waals surface area contributed by atoms with Crippen molar-refractivity contribution in [2.45, 2.75) is 6.04 Å². The molecule has 0 aliphatic rings. The van der Waals surface area contributed by atoms with Gasteiger partial charge in [0.05, 0.1) is 23.9 Å². The number of thiazole rings is 1. The second kappa shape index (κ2) is 9.76. The van der Waals surface area contributed by atoms with Gasteiger partial charge in [0.25, 0.3) is 5.91 Å². The normalized spacial score (nSPS) is 11.8. The Morgan fingerprint density at radius 2 is 2.03 bits per heavy atom. The van der Waals surface area contributed by atoms with E-state index in [-0.39, 0.29) is 18.2 Å². The van der Waals surface area contributed by atoms with Crippen LogP contribution in [0.5, 0.6) is 0 Å². The van der Waals surface area contributed by atoms with E-state index in [0.29, 0.717) is 21.9 Å². The zero-order valence-corrected chi connectivity index (χ0v) is 18.4. The maximum absolute atomic E-state index is 13.4. The third-order valence-corrected chi connectivity index (χ3v) is 5.55. The van der Waals surface area contributed by atoms with E-state index < -0.39 is 17.9 Å². The summed E-state index contributed by atoms with van der Waals surface area (Å²) in [4.78, 5) is 28.7. The summed E-state index contributed by atoms with van der Waals surface area (Å²) in [6, 6.07) is 12.2. The fourth-order valence-corrected chi connectivity index (χ4v) is 3.97. The number of carbonyl (C=O) groups excluding carboxylic acids is 2. The van der Waals surface area contributed by atoms with E-state index in [1.807, 2.05) is 18.2 Å². The summed E-state index contributed by atoms with van der Waals surface area (Å²) in [7, 11) is 2.62. The highest BCUT2D eigenvalue weighted by molar-refractivity contribution is 7.22. The molecule has 170 valence electrons. The van der Waals surface area contributed by atoms with Crippen molar-refractivity contribution in [2.24, 2.45) is 0 Å². The van der Waals surface area contributed by atoms with Crippen molar-refractivity contribution < 1.29 is 28.0 Å². The van der Waals surface area contributed by atoms with Crippen LogP contribution in [0.15, 0.2) is 53.1 Å². The molecule has 33 heavy (non-hydrogen) atoms. The standard InChI is InChI=1S/C22H19FN4O5S/c1-30-11-17(21(29)31-2)25-20(28)18-10-16(27-32-18)12-4-3-5-14(8-12)24-22-26-15-7-6-13(23)9-19(15)33-22/h3-10,17H,11H2,1-2H3,(H,24,26)(H,25,28). The molecule has 2 N–H and O–H groups in total. The maximum atomic E-state index is 13.4. The van der Waals surface area contributed by atoms with Crippen LogP contribution in [-0.4, -0.2) is 48.9 Å². The van der Waals surface area contributed by atoms with Gasteiger partial charge in [-0.2, -0.15) is 0 Å². The largest absolute Gasteiger partial charge is 0.467 e. The second-order valence-electron chi connectivity index (χ2n) is 6.92. The summed E-state index contributed by atoms with van der Waals surface area (Å²) in [5.74, 6) is -1.65. The lowest BCUT2D eigenvalue weighted by atomic mass is 10.1. The van der Waals surface area contributed by atoms with E-state index in [2.05, 4.69) is 25.5 Å². The van der Waals surface area contributed by atoms with Crippen molar-refractivity contribution in [1.29, 1.82) is 0 Å². The van der Waals surface area contributed by atoms with Gasteiger partial charge in [0.2, 0.25) is 5.76 Å². The number of anilines is 2. The third kappa shape index (κ3) is 5.16. The molecule has 1 amide bonds. The van der Waals surface area contributed by atoms with Gasteiger partial charge < -0.3 is 24.6 Å². The van der Waals surface area contributed by atoms with Crippen LogP contribution >= 0.6 is 11.3 Å². The van der Waals surface area contributed by atoms with Crippen LogP contribution in [0.25, 0.3) is 21.5 Å². The first-order chi connectivity index (χ1) is 16.0. The number of carbonyl (C=O) groups is 2. The van der Waals surface area contributed by atoms with Crippen LogP contribution in [0.2, 0.25) is 0 Å². The lowest BCUT2D eigenvalue weighted by molar-refractivity contribution is -0.144. The summed E-state index contributed by atoms with van der Waals surface area (Å²) in [6.07, 6.45) is 0. The van der Waals surface area contributed by atoms with Crippen molar-refractivity contribution in [3.05, 3.63) is 60.1 Å². The van der Waals surface area contributed by atoms with E-state index in [1.165, 1.54) is 43.8 Å². The van der Waals surface area contributed by atoms with Crippen LogP contribution in [-0.2, 0) is 14.3 Å². The highest BCUT2D eigenvalue weighted by Gasteiger charge is 2.24. The van der Waals surface area contributed by atoms with Gasteiger partial charge in [-0.25, -0.2) is 14.2 Å². The Bertz CT molecular complexity index is 1300. The van der Waals surface area contributed by atoms with Crippen LogP contribution in [0.1, 0.15) is 10.6 Å². The molecule has 2 heterocycles. The first-order valence-electron chi connectivity index (χ1n) is 9.74. The van der Waals surface area contributed by atoms with E-state index in [1.54, 1.807) is 12.1 Å². The van der Waals surface area contributed by atoms with Crippen molar-refractivity contribution in [1.82, 2.24) is 15.5 Å². The zero-order chi connectivity index (χ0) is 23.4. The van der Waals surface area contributed by atoms with E-state index >= 15 is 0 Å². The molecule has 0 saturated heterocycles. The predicted octanol–water partition coefficient (Wildman–Crippen LogP) is 3.75. The molecule has 0 fully saturated rings. The minimum absolute atomic E-state index is 0.0501. The first-order valence-corrected chi connectivity index (χ1v) is 10.6. The molecule has 2 aromatic heterocycles. The topological polar surface area (TPSA) is 116 Å². The molecule has 0 saturated carbocycles. The van der Waals surface area contributed by atoms with Gasteiger partial charge in [0.1, 0.15) is 11.5 Å². The molecule has 0 aliphatic heterocycles. The Labute approximate surface area is 191 Å². The summed E-state index contributed by atoms with van der Waals surface area (Å²) < 4.78 is 28.9. The van der Waals surface area contributed by atoms with Crippen LogP contribution in [0, 0.1) is 5.82 Å². The SMILES string of the molecule is COCC(NC(=O)c1cc(-c2cccc(Nc3nc4ccc(F)cc4s3)c2)no1)C(=O)OC. The van der Waals surface area contributed by atoms with E-state index in [4.69, 9.17) is 9.26 Å². The number of aromatic nitrogens is 2. The van der Waals surface area contributed by atoms with Crippen LogP contribution in [0.3, 0.4) is 0 Å². The van der Waals surface area contributed by atoms with Crippen molar-refractivity contribution in [3.63, 3.8) is 0 Å².